The maximum absolute atomic E-state index is 12.3. The van der Waals surface area contributed by atoms with Crippen molar-refractivity contribution in [3.05, 3.63) is 53.0 Å². The molecule has 0 saturated carbocycles. The first-order chi connectivity index (χ1) is 11.9. The number of aryl methyl sites for hydroxylation is 2. The van der Waals surface area contributed by atoms with Gasteiger partial charge in [-0.05, 0) is 12.1 Å². The summed E-state index contributed by atoms with van der Waals surface area (Å²) in [5.74, 6) is -0.367. The molecule has 0 aliphatic heterocycles. The van der Waals surface area contributed by atoms with E-state index < -0.39 is 11.8 Å². The Morgan fingerprint density at radius 3 is 2.52 bits per heavy atom. The standard InChI is InChI=1S/C15H15ClN6O3/c1-21-7-10(16)12(19-21)15(24)18-11-8-22(2)20-13(11)14(23)17-6-9-4-3-5-25-9/h3-5,7-8H,6H2,1-2H3,(H,17,23)(H,18,24). The number of amides is 2. The third kappa shape index (κ3) is 3.72. The first-order valence-electron chi connectivity index (χ1n) is 7.28. The zero-order valence-corrected chi connectivity index (χ0v) is 14.2. The van der Waals surface area contributed by atoms with Crippen LogP contribution in [0.3, 0.4) is 0 Å². The van der Waals surface area contributed by atoms with Crippen LogP contribution in [-0.2, 0) is 20.6 Å². The molecule has 0 saturated heterocycles. The fourth-order valence-electron chi connectivity index (χ4n) is 2.21. The van der Waals surface area contributed by atoms with Crippen LogP contribution in [0.25, 0.3) is 0 Å². The number of carbonyl (C=O) groups excluding carboxylic acids is 2. The third-order valence-electron chi connectivity index (χ3n) is 3.29. The zero-order valence-electron chi connectivity index (χ0n) is 13.5. The summed E-state index contributed by atoms with van der Waals surface area (Å²) < 4.78 is 8.01. The number of furan rings is 1. The molecule has 0 spiro atoms. The summed E-state index contributed by atoms with van der Waals surface area (Å²) in [6.45, 7) is 0.210. The quantitative estimate of drug-likeness (QED) is 0.716. The normalized spacial score (nSPS) is 10.7. The molecular weight excluding hydrogens is 348 g/mol. The fourth-order valence-corrected chi connectivity index (χ4v) is 2.47. The van der Waals surface area contributed by atoms with Crippen LogP contribution < -0.4 is 10.6 Å². The Bertz CT molecular complexity index is 912. The van der Waals surface area contributed by atoms with Gasteiger partial charge in [0.15, 0.2) is 11.4 Å². The zero-order chi connectivity index (χ0) is 18.0. The van der Waals surface area contributed by atoms with Gasteiger partial charge in [-0.1, -0.05) is 11.6 Å². The summed E-state index contributed by atoms with van der Waals surface area (Å²) in [5, 5.41) is 13.6. The highest BCUT2D eigenvalue weighted by Crippen LogP contribution is 2.18. The molecule has 3 heterocycles. The van der Waals surface area contributed by atoms with Gasteiger partial charge in [0.2, 0.25) is 0 Å². The van der Waals surface area contributed by atoms with E-state index in [0.717, 1.165) is 0 Å². The fraction of sp³-hybridized carbons (Fsp3) is 0.200. The number of aromatic nitrogens is 4. The number of carbonyl (C=O) groups is 2. The molecule has 2 N–H and O–H groups in total. The first kappa shape index (κ1) is 16.8. The lowest BCUT2D eigenvalue weighted by Gasteiger charge is -2.05. The minimum absolute atomic E-state index is 0.0648. The second-order valence-corrected chi connectivity index (χ2v) is 5.69. The molecule has 3 aromatic heterocycles. The van der Waals surface area contributed by atoms with Crippen molar-refractivity contribution in [3.8, 4) is 0 Å². The number of nitrogens with zero attached hydrogens (tertiary/aromatic N) is 4. The van der Waals surface area contributed by atoms with Crippen molar-refractivity contribution >= 4 is 29.1 Å². The number of nitrogens with one attached hydrogen (secondary N) is 2. The lowest BCUT2D eigenvalue weighted by atomic mass is 10.3. The molecule has 0 aliphatic rings. The van der Waals surface area contributed by atoms with Gasteiger partial charge in [-0.15, -0.1) is 0 Å². The molecule has 9 nitrogen and oxygen atoms in total. The van der Waals surface area contributed by atoms with Gasteiger partial charge in [-0.25, -0.2) is 0 Å². The SMILES string of the molecule is Cn1cc(Cl)c(C(=O)Nc2cn(C)nc2C(=O)NCc2ccco2)n1. The van der Waals surface area contributed by atoms with Gasteiger partial charge >= 0.3 is 0 Å². The van der Waals surface area contributed by atoms with Crippen LogP contribution in [0.15, 0.2) is 35.2 Å². The molecule has 0 atom stereocenters. The van der Waals surface area contributed by atoms with Crippen LogP contribution in [0.2, 0.25) is 5.02 Å². The Labute approximate surface area is 147 Å². The van der Waals surface area contributed by atoms with Crippen molar-refractivity contribution in [2.24, 2.45) is 14.1 Å². The summed E-state index contributed by atoms with van der Waals surface area (Å²) >= 11 is 5.97. The Kier molecular flexibility index (Phi) is 4.57. The average Bonchev–Trinajstić information content (AvgIpc) is 3.26. The van der Waals surface area contributed by atoms with Crippen molar-refractivity contribution in [2.75, 3.05) is 5.32 Å². The summed E-state index contributed by atoms with van der Waals surface area (Å²) in [5.41, 5.74) is 0.399. The molecular formula is C15H15ClN6O3. The Balaban J connectivity index is 1.75. The van der Waals surface area contributed by atoms with Gasteiger partial charge in [-0.3, -0.25) is 19.0 Å². The Hall–Kier alpha value is -3.07. The van der Waals surface area contributed by atoms with Gasteiger partial charge in [0.05, 0.1) is 23.5 Å². The van der Waals surface area contributed by atoms with E-state index in [-0.39, 0.29) is 28.6 Å². The number of rotatable bonds is 5. The second-order valence-electron chi connectivity index (χ2n) is 5.28. The molecule has 0 aromatic carbocycles. The van der Waals surface area contributed by atoms with Crippen LogP contribution in [0.4, 0.5) is 5.69 Å². The third-order valence-corrected chi connectivity index (χ3v) is 3.57. The number of halogens is 1. The molecule has 0 radical (unpaired) electrons. The molecule has 0 unspecified atom stereocenters. The van der Waals surface area contributed by atoms with Crippen molar-refractivity contribution in [3.63, 3.8) is 0 Å². The van der Waals surface area contributed by atoms with Gasteiger partial charge in [0.1, 0.15) is 5.76 Å². The lowest BCUT2D eigenvalue weighted by molar-refractivity contribution is 0.0943. The highest BCUT2D eigenvalue weighted by Gasteiger charge is 2.21. The molecule has 25 heavy (non-hydrogen) atoms. The van der Waals surface area contributed by atoms with Crippen LogP contribution in [-0.4, -0.2) is 31.4 Å². The van der Waals surface area contributed by atoms with Crippen molar-refractivity contribution in [1.82, 2.24) is 24.9 Å². The molecule has 3 rings (SSSR count). The molecule has 2 amide bonds. The number of hydrogen-bond acceptors (Lipinski definition) is 5. The molecule has 130 valence electrons. The van der Waals surface area contributed by atoms with Gasteiger partial charge in [0.25, 0.3) is 11.8 Å². The highest BCUT2D eigenvalue weighted by atomic mass is 35.5. The molecule has 0 fully saturated rings. The molecule has 0 aliphatic carbocycles. The highest BCUT2D eigenvalue weighted by molar-refractivity contribution is 6.34. The maximum Gasteiger partial charge on any atom is 0.277 e. The average molecular weight is 363 g/mol. The topological polar surface area (TPSA) is 107 Å². The lowest BCUT2D eigenvalue weighted by Crippen LogP contribution is -2.25. The van der Waals surface area contributed by atoms with Crippen molar-refractivity contribution in [1.29, 1.82) is 0 Å². The van der Waals surface area contributed by atoms with Gasteiger partial charge in [0, 0.05) is 26.5 Å². The summed E-state index contributed by atoms with van der Waals surface area (Å²) in [4.78, 5) is 24.7. The van der Waals surface area contributed by atoms with E-state index >= 15 is 0 Å². The van der Waals surface area contributed by atoms with E-state index in [4.69, 9.17) is 16.0 Å². The monoisotopic (exact) mass is 362 g/mol. The van der Waals surface area contributed by atoms with E-state index in [1.165, 1.54) is 28.0 Å². The van der Waals surface area contributed by atoms with Gasteiger partial charge in [-0.2, -0.15) is 10.2 Å². The number of anilines is 1. The minimum atomic E-state index is -0.529. The molecule has 0 bridgehead atoms. The minimum Gasteiger partial charge on any atom is -0.467 e. The Morgan fingerprint density at radius 1 is 1.16 bits per heavy atom. The smallest absolute Gasteiger partial charge is 0.277 e. The summed E-state index contributed by atoms with van der Waals surface area (Å²) in [7, 11) is 3.30. The predicted octanol–water partition coefficient (Wildman–Crippen LogP) is 1.58. The van der Waals surface area contributed by atoms with Crippen molar-refractivity contribution < 1.29 is 14.0 Å². The predicted molar refractivity (Wildman–Crippen MR) is 89.3 cm³/mol. The van der Waals surface area contributed by atoms with Crippen LogP contribution in [0.1, 0.15) is 26.7 Å². The summed E-state index contributed by atoms with van der Waals surface area (Å²) in [6, 6.07) is 3.47. The van der Waals surface area contributed by atoms with Crippen molar-refractivity contribution in [2.45, 2.75) is 6.54 Å². The first-order valence-corrected chi connectivity index (χ1v) is 7.66. The van der Waals surface area contributed by atoms with E-state index in [1.807, 2.05) is 0 Å². The molecule has 10 heteroatoms. The van der Waals surface area contributed by atoms with Crippen LogP contribution >= 0.6 is 11.6 Å². The van der Waals surface area contributed by atoms with Gasteiger partial charge < -0.3 is 15.1 Å². The number of hydrogen-bond donors (Lipinski definition) is 2. The van der Waals surface area contributed by atoms with Crippen LogP contribution in [0, 0.1) is 0 Å². The second kappa shape index (κ2) is 6.81. The summed E-state index contributed by atoms with van der Waals surface area (Å²) in [6.07, 6.45) is 4.55. The maximum atomic E-state index is 12.3. The van der Waals surface area contributed by atoms with E-state index in [2.05, 4.69) is 20.8 Å². The molecule has 3 aromatic rings. The van der Waals surface area contributed by atoms with E-state index in [0.29, 0.717) is 5.76 Å². The largest absolute Gasteiger partial charge is 0.467 e. The van der Waals surface area contributed by atoms with E-state index in [1.54, 1.807) is 26.2 Å². The van der Waals surface area contributed by atoms with E-state index in [9.17, 15) is 9.59 Å². The Morgan fingerprint density at radius 2 is 1.88 bits per heavy atom. The van der Waals surface area contributed by atoms with Crippen LogP contribution in [0.5, 0.6) is 0 Å².